The third kappa shape index (κ3) is 2.70. The Bertz CT molecular complexity index is 1360. The summed E-state index contributed by atoms with van der Waals surface area (Å²) in [7, 11) is 0. The summed E-state index contributed by atoms with van der Waals surface area (Å²) in [6.45, 7) is 0.519. The maximum Gasteiger partial charge on any atom is 0.280 e. The van der Waals surface area contributed by atoms with Crippen LogP contribution in [0.25, 0.3) is 21.8 Å². The molecule has 0 saturated heterocycles. The molecule has 0 aliphatic carbocycles. The van der Waals surface area contributed by atoms with Gasteiger partial charge in [-0.3, -0.25) is 9.59 Å². The summed E-state index contributed by atoms with van der Waals surface area (Å²) in [5.74, 6) is -1.03. The van der Waals surface area contributed by atoms with Gasteiger partial charge >= 0.3 is 0 Å². The molecule has 5 rings (SSSR count). The van der Waals surface area contributed by atoms with Crippen LogP contribution in [0.2, 0.25) is 0 Å². The Balaban J connectivity index is 1.51. The van der Waals surface area contributed by atoms with Crippen LogP contribution < -0.4 is 11.0 Å². The fourth-order valence-corrected chi connectivity index (χ4v) is 4.04. The van der Waals surface area contributed by atoms with E-state index < -0.39 is 11.5 Å². The molecule has 7 heteroatoms. The highest BCUT2D eigenvalue weighted by Crippen LogP contribution is 2.31. The zero-order valence-corrected chi connectivity index (χ0v) is 15.5. The number of para-hydroxylation sites is 2. The van der Waals surface area contributed by atoms with Crippen molar-refractivity contribution in [1.82, 2.24) is 15.0 Å². The van der Waals surface area contributed by atoms with Crippen LogP contribution in [0.3, 0.4) is 0 Å². The lowest BCUT2D eigenvalue weighted by Gasteiger charge is -2.21. The normalized spacial score (nSPS) is 13.4. The molecule has 7 nitrogen and oxygen atoms in total. The van der Waals surface area contributed by atoms with Crippen molar-refractivity contribution in [2.24, 2.45) is 5.10 Å². The highest BCUT2D eigenvalue weighted by atomic mass is 16.3. The number of nitrogens with one attached hydrogen (secondary N) is 2. The SMILES string of the molecule is O=C(NN=Cc1c[nH]c2ccccc12)c1c(O)c2cccc3c2n(c1=O)CCC3. The smallest absolute Gasteiger partial charge is 0.280 e. The second-order valence-electron chi connectivity index (χ2n) is 7.09. The van der Waals surface area contributed by atoms with Gasteiger partial charge in [-0.25, -0.2) is 5.43 Å². The van der Waals surface area contributed by atoms with E-state index in [-0.39, 0.29) is 11.3 Å². The van der Waals surface area contributed by atoms with Crippen LogP contribution in [0.4, 0.5) is 0 Å². The van der Waals surface area contributed by atoms with Gasteiger partial charge in [-0.05, 0) is 30.5 Å². The number of aryl methyl sites for hydroxylation is 2. The van der Waals surface area contributed by atoms with Crippen molar-refractivity contribution in [1.29, 1.82) is 0 Å². The van der Waals surface area contributed by atoms with Crippen LogP contribution in [-0.4, -0.2) is 26.8 Å². The van der Waals surface area contributed by atoms with Gasteiger partial charge in [0.15, 0.2) is 0 Å². The van der Waals surface area contributed by atoms with Crippen LogP contribution in [0.1, 0.15) is 27.9 Å². The molecule has 2 aromatic heterocycles. The molecule has 3 N–H and O–H groups in total. The van der Waals surface area contributed by atoms with Gasteiger partial charge < -0.3 is 14.7 Å². The minimum atomic E-state index is -0.731. The number of carbonyl (C=O) groups is 1. The summed E-state index contributed by atoms with van der Waals surface area (Å²) in [4.78, 5) is 28.7. The van der Waals surface area contributed by atoms with Crippen molar-refractivity contribution in [3.05, 3.63) is 75.7 Å². The van der Waals surface area contributed by atoms with E-state index in [0.717, 1.165) is 34.9 Å². The topological polar surface area (TPSA) is 99.5 Å². The summed E-state index contributed by atoms with van der Waals surface area (Å²) in [5.41, 5.74) is 5.07. The minimum absolute atomic E-state index is 0.285. The number of rotatable bonds is 3. The first kappa shape index (κ1) is 17.2. The predicted octanol–water partition coefficient (Wildman–Crippen LogP) is 2.90. The summed E-state index contributed by atoms with van der Waals surface area (Å²) < 4.78 is 1.58. The molecular formula is C22H18N4O3. The molecule has 0 atom stereocenters. The summed E-state index contributed by atoms with van der Waals surface area (Å²) in [6.07, 6.45) is 4.95. The van der Waals surface area contributed by atoms with Crippen LogP contribution in [0.15, 0.2) is 58.6 Å². The molecule has 2 aromatic carbocycles. The Morgan fingerprint density at radius 3 is 2.90 bits per heavy atom. The standard InChI is InChI=1S/C22H18N4O3/c27-20-16-8-3-5-13-6-4-10-26(19(13)16)22(29)18(20)21(28)25-24-12-14-11-23-17-9-2-1-7-15(14)17/h1-3,5,7-9,11-12,23,27H,4,6,10H2,(H,25,28). The Hall–Kier alpha value is -3.87. The molecule has 0 bridgehead atoms. The van der Waals surface area contributed by atoms with Crippen LogP contribution in [0, 0.1) is 0 Å². The van der Waals surface area contributed by atoms with E-state index in [9.17, 15) is 14.7 Å². The number of hydrogen-bond acceptors (Lipinski definition) is 4. The summed E-state index contributed by atoms with van der Waals surface area (Å²) in [5, 5.41) is 16.1. The Labute approximate surface area is 165 Å². The molecule has 3 heterocycles. The van der Waals surface area contributed by atoms with Crippen molar-refractivity contribution in [2.45, 2.75) is 19.4 Å². The molecule has 1 aliphatic heterocycles. The zero-order chi connectivity index (χ0) is 20.0. The van der Waals surface area contributed by atoms with Crippen molar-refractivity contribution in [3.8, 4) is 5.75 Å². The van der Waals surface area contributed by atoms with E-state index in [2.05, 4.69) is 15.5 Å². The molecule has 1 amide bonds. The van der Waals surface area contributed by atoms with Crippen LogP contribution >= 0.6 is 0 Å². The Morgan fingerprint density at radius 1 is 1.17 bits per heavy atom. The number of fused-ring (bicyclic) bond motifs is 1. The van der Waals surface area contributed by atoms with Crippen molar-refractivity contribution in [3.63, 3.8) is 0 Å². The van der Waals surface area contributed by atoms with Gasteiger partial charge in [0.05, 0.1) is 11.7 Å². The molecule has 4 aromatic rings. The number of hydrogen-bond donors (Lipinski definition) is 3. The van der Waals surface area contributed by atoms with Crippen molar-refractivity contribution in [2.75, 3.05) is 0 Å². The number of aromatic amines is 1. The lowest BCUT2D eigenvalue weighted by Crippen LogP contribution is -2.33. The first-order chi connectivity index (χ1) is 14.1. The maximum absolute atomic E-state index is 12.9. The third-order valence-electron chi connectivity index (χ3n) is 5.39. The second-order valence-corrected chi connectivity index (χ2v) is 7.09. The third-order valence-corrected chi connectivity index (χ3v) is 5.39. The van der Waals surface area contributed by atoms with E-state index in [4.69, 9.17) is 0 Å². The molecular weight excluding hydrogens is 368 g/mol. The van der Waals surface area contributed by atoms with Crippen molar-refractivity contribution < 1.29 is 9.90 Å². The Morgan fingerprint density at radius 2 is 2.00 bits per heavy atom. The van der Waals surface area contributed by atoms with E-state index in [1.165, 1.54) is 6.21 Å². The van der Waals surface area contributed by atoms with Crippen LogP contribution in [-0.2, 0) is 13.0 Å². The number of H-pyrrole nitrogens is 1. The number of carbonyl (C=O) groups excluding carboxylic acids is 1. The number of aromatic nitrogens is 2. The van der Waals surface area contributed by atoms with Gasteiger partial charge in [0.1, 0.15) is 11.3 Å². The first-order valence-corrected chi connectivity index (χ1v) is 9.42. The van der Waals surface area contributed by atoms with Gasteiger partial charge in [-0.15, -0.1) is 0 Å². The van der Waals surface area contributed by atoms with E-state index >= 15 is 0 Å². The highest BCUT2D eigenvalue weighted by Gasteiger charge is 2.24. The number of nitrogens with zero attached hydrogens (tertiary/aromatic N) is 2. The summed E-state index contributed by atoms with van der Waals surface area (Å²) in [6, 6.07) is 13.2. The number of benzene rings is 2. The second kappa shape index (κ2) is 6.63. The quantitative estimate of drug-likeness (QED) is 0.373. The predicted molar refractivity (Wildman–Crippen MR) is 112 cm³/mol. The number of amides is 1. The van der Waals surface area contributed by atoms with E-state index in [1.54, 1.807) is 16.8 Å². The lowest BCUT2D eigenvalue weighted by atomic mass is 9.99. The van der Waals surface area contributed by atoms with Gasteiger partial charge in [-0.2, -0.15) is 5.10 Å². The number of pyridine rings is 1. The average molecular weight is 386 g/mol. The molecule has 1 aliphatic rings. The van der Waals surface area contributed by atoms with Gasteiger partial charge in [0, 0.05) is 34.6 Å². The largest absolute Gasteiger partial charge is 0.506 e. The fourth-order valence-electron chi connectivity index (χ4n) is 4.04. The van der Waals surface area contributed by atoms with Crippen LogP contribution in [0.5, 0.6) is 5.75 Å². The average Bonchev–Trinajstić information content (AvgIpc) is 3.15. The molecule has 29 heavy (non-hydrogen) atoms. The fraction of sp³-hybridized carbons (Fsp3) is 0.136. The Kier molecular flexibility index (Phi) is 3.94. The van der Waals surface area contributed by atoms with Gasteiger partial charge in [-0.1, -0.05) is 30.3 Å². The first-order valence-electron chi connectivity index (χ1n) is 9.42. The monoisotopic (exact) mass is 386 g/mol. The van der Waals surface area contributed by atoms with E-state index in [0.29, 0.717) is 17.4 Å². The number of hydrazone groups is 1. The molecule has 0 radical (unpaired) electrons. The minimum Gasteiger partial charge on any atom is -0.506 e. The highest BCUT2D eigenvalue weighted by molar-refractivity contribution is 6.04. The number of aromatic hydroxyl groups is 1. The van der Waals surface area contributed by atoms with Gasteiger partial charge in [0.25, 0.3) is 11.5 Å². The van der Waals surface area contributed by atoms with Gasteiger partial charge in [0.2, 0.25) is 0 Å². The summed E-state index contributed by atoms with van der Waals surface area (Å²) >= 11 is 0. The molecule has 0 spiro atoms. The van der Waals surface area contributed by atoms with Crippen molar-refractivity contribution >= 4 is 33.9 Å². The maximum atomic E-state index is 12.9. The molecule has 0 unspecified atom stereocenters. The molecule has 0 saturated carbocycles. The van der Waals surface area contributed by atoms with E-state index in [1.807, 2.05) is 36.4 Å². The molecule has 144 valence electrons. The molecule has 0 fully saturated rings. The lowest BCUT2D eigenvalue weighted by molar-refractivity contribution is 0.0950. The zero-order valence-electron chi connectivity index (χ0n) is 15.5.